The molecule has 0 bridgehead atoms. The Morgan fingerprint density at radius 1 is 1.19 bits per heavy atom. The van der Waals surface area contributed by atoms with E-state index in [9.17, 15) is 30.2 Å². The molecule has 144 valence electrons. The van der Waals surface area contributed by atoms with E-state index >= 15 is 0 Å². The third kappa shape index (κ3) is 5.94. The summed E-state index contributed by atoms with van der Waals surface area (Å²) < 4.78 is 5.01. The monoisotopic (exact) mass is 376 g/mol. The highest BCUT2D eigenvalue weighted by Gasteiger charge is 2.22. The van der Waals surface area contributed by atoms with Gasteiger partial charge in [0.05, 0.1) is 11.0 Å². The average Bonchev–Trinajstić information content (AvgIpc) is 2.66. The molecule has 2 atom stereocenters. The fraction of sp³-hybridized carbons (Fsp3) is 0.278. The van der Waals surface area contributed by atoms with Crippen molar-refractivity contribution in [2.75, 3.05) is 6.54 Å². The molecule has 0 aromatic heterocycles. The largest absolute Gasteiger partial charge is 0.502 e. The van der Waals surface area contributed by atoms with Gasteiger partial charge in [-0.05, 0) is 23.6 Å². The van der Waals surface area contributed by atoms with Gasteiger partial charge in [0.15, 0.2) is 5.75 Å². The predicted octanol–water partition coefficient (Wildman–Crippen LogP) is 2.01. The summed E-state index contributed by atoms with van der Waals surface area (Å²) in [6, 6.07) is 12.4. The maximum absolute atomic E-state index is 11.6. The number of nitro benzene ring substituents is 1. The number of nitrogens with one attached hydrogen (secondary N) is 1. The lowest BCUT2D eigenvalue weighted by atomic mass is 10.0. The first-order chi connectivity index (χ1) is 12.9. The molecule has 27 heavy (non-hydrogen) atoms. The molecule has 0 aliphatic rings. The molecule has 2 aromatic carbocycles. The van der Waals surface area contributed by atoms with Crippen molar-refractivity contribution < 1.29 is 29.8 Å². The number of benzene rings is 2. The number of carbonyl (C=O) groups excluding carboxylic acids is 1. The van der Waals surface area contributed by atoms with Gasteiger partial charge in [0.1, 0.15) is 12.7 Å². The number of amides is 1. The van der Waals surface area contributed by atoms with Crippen LogP contribution in [0.25, 0.3) is 0 Å². The lowest BCUT2D eigenvalue weighted by Crippen LogP contribution is -2.29. The average molecular weight is 376 g/mol. The molecule has 2 unspecified atom stereocenters. The lowest BCUT2D eigenvalue weighted by molar-refractivity contribution is -0.386. The van der Waals surface area contributed by atoms with Crippen molar-refractivity contribution in [2.24, 2.45) is 0 Å². The SMILES string of the molecule is O=C(NCCC(O)C(O)c1ccc(O)c([N+](=O)[O-])c1)OCc1ccccc1. The minimum atomic E-state index is -1.41. The van der Waals surface area contributed by atoms with Crippen molar-refractivity contribution >= 4 is 11.8 Å². The molecular formula is C18H20N2O7. The Balaban J connectivity index is 1.79. The second-order valence-electron chi connectivity index (χ2n) is 5.79. The quantitative estimate of drug-likeness (QED) is 0.408. The molecule has 2 rings (SSSR count). The zero-order chi connectivity index (χ0) is 19.8. The van der Waals surface area contributed by atoms with Gasteiger partial charge < -0.3 is 25.4 Å². The van der Waals surface area contributed by atoms with Crippen LogP contribution in [-0.2, 0) is 11.3 Å². The molecule has 0 radical (unpaired) electrons. The van der Waals surface area contributed by atoms with Crippen LogP contribution in [0.4, 0.5) is 10.5 Å². The fourth-order valence-corrected chi connectivity index (χ4v) is 2.35. The van der Waals surface area contributed by atoms with Crippen LogP contribution in [0.2, 0.25) is 0 Å². The number of phenols is 1. The summed E-state index contributed by atoms with van der Waals surface area (Å²) in [5.41, 5.74) is 0.344. The van der Waals surface area contributed by atoms with Crippen molar-refractivity contribution in [1.82, 2.24) is 5.32 Å². The van der Waals surface area contributed by atoms with Crippen molar-refractivity contribution in [1.29, 1.82) is 0 Å². The molecule has 9 nitrogen and oxygen atoms in total. The third-order valence-corrected chi connectivity index (χ3v) is 3.82. The van der Waals surface area contributed by atoms with Gasteiger partial charge in [-0.3, -0.25) is 10.1 Å². The molecule has 0 aliphatic carbocycles. The maximum atomic E-state index is 11.6. The maximum Gasteiger partial charge on any atom is 0.407 e. The fourth-order valence-electron chi connectivity index (χ4n) is 2.35. The number of aromatic hydroxyl groups is 1. The first-order valence-corrected chi connectivity index (χ1v) is 8.16. The van der Waals surface area contributed by atoms with Gasteiger partial charge in [0.2, 0.25) is 0 Å². The first kappa shape index (κ1) is 20.1. The van der Waals surface area contributed by atoms with Crippen LogP contribution in [0, 0.1) is 10.1 Å². The Hall–Kier alpha value is -3.17. The number of ether oxygens (including phenoxy) is 1. The van der Waals surface area contributed by atoms with Crippen LogP contribution in [0.15, 0.2) is 48.5 Å². The number of nitro groups is 1. The number of aliphatic hydroxyl groups is 2. The number of phenolic OH excluding ortho intramolecular Hbond substituents is 1. The number of rotatable bonds is 8. The van der Waals surface area contributed by atoms with Crippen LogP contribution in [-0.4, -0.2) is 39.0 Å². The molecule has 9 heteroatoms. The molecule has 0 fully saturated rings. The van der Waals surface area contributed by atoms with E-state index in [4.69, 9.17) is 4.74 Å². The van der Waals surface area contributed by atoms with Crippen molar-refractivity contribution in [3.05, 3.63) is 69.8 Å². The Morgan fingerprint density at radius 2 is 1.89 bits per heavy atom. The van der Waals surface area contributed by atoms with E-state index in [2.05, 4.69) is 5.32 Å². The van der Waals surface area contributed by atoms with Crippen molar-refractivity contribution in [3.63, 3.8) is 0 Å². The van der Waals surface area contributed by atoms with E-state index in [0.717, 1.165) is 17.7 Å². The van der Waals surface area contributed by atoms with Crippen molar-refractivity contribution in [3.8, 4) is 5.75 Å². The summed E-state index contributed by atoms with van der Waals surface area (Å²) in [5.74, 6) is -0.534. The topological polar surface area (TPSA) is 142 Å². The van der Waals surface area contributed by atoms with Gasteiger partial charge in [-0.25, -0.2) is 4.79 Å². The summed E-state index contributed by atoms with van der Waals surface area (Å²) in [4.78, 5) is 21.6. The second-order valence-corrected chi connectivity index (χ2v) is 5.79. The lowest BCUT2D eigenvalue weighted by Gasteiger charge is -2.18. The normalized spacial score (nSPS) is 12.8. The van der Waals surface area contributed by atoms with E-state index in [0.29, 0.717) is 0 Å². The minimum absolute atomic E-state index is 0.00369. The number of hydrogen-bond donors (Lipinski definition) is 4. The Morgan fingerprint density at radius 3 is 2.56 bits per heavy atom. The summed E-state index contributed by atoms with van der Waals surface area (Å²) in [6.45, 7) is 0.140. The Kier molecular flexibility index (Phi) is 7.09. The zero-order valence-electron chi connectivity index (χ0n) is 14.3. The van der Waals surface area contributed by atoms with Crippen LogP contribution in [0.3, 0.4) is 0 Å². The number of alkyl carbamates (subject to hydrolysis) is 1. The Labute approximate surface area is 155 Å². The minimum Gasteiger partial charge on any atom is -0.502 e. The number of aliphatic hydroxyl groups excluding tert-OH is 2. The van der Waals surface area contributed by atoms with Gasteiger partial charge in [-0.1, -0.05) is 36.4 Å². The van der Waals surface area contributed by atoms with E-state index < -0.39 is 34.7 Å². The van der Waals surface area contributed by atoms with E-state index in [1.165, 1.54) is 6.07 Å². The van der Waals surface area contributed by atoms with Crippen LogP contribution in [0.1, 0.15) is 23.7 Å². The number of hydrogen-bond acceptors (Lipinski definition) is 7. The van der Waals surface area contributed by atoms with E-state index in [1.54, 1.807) is 0 Å². The zero-order valence-corrected chi connectivity index (χ0v) is 14.3. The molecule has 0 saturated heterocycles. The highest BCUT2D eigenvalue weighted by Crippen LogP contribution is 2.30. The van der Waals surface area contributed by atoms with Gasteiger partial charge in [0.25, 0.3) is 0 Å². The molecule has 0 heterocycles. The molecule has 1 amide bonds. The second kappa shape index (κ2) is 9.51. The number of nitrogens with zero attached hydrogens (tertiary/aromatic N) is 1. The standard InChI is InChI=1S/C18H20N2O7/c21-15-7-6-13(10-14(15)20(25)26)17(23)16(22)8-9-19-18(24)27-11-12-4-2-1-3-5-12/h1-7,10,16-17,21-23H,8-9,11H2,(H,19,24). The molecule has 2 aromatic rings. The summed E-state index contributed by atoms with van der Waals surface area (Å²) in [5, 5.41) is 42.8. The third-order valence-electron chi connectivity index (χ3n) is 3.82. The molecule has 4 N–H and O–H groups in total. The van der Waals surface area contributed by atoms with Crippen LogP contribution in [0.5, 0.6) is 5.75 Å². The van der Waals surface area contributed by atoms with E-state index in [-0.39, 0.29) is 25.1 Å². The molecule has 0 saturated carbocycles. The summed E-state index contributed by atoms with van der Waals surface area (Å²) in [7, 11) is 0. The molecule has 0 aliphatic heterocycles. The van der Waals surface area contributed by atoms with Crippen LogP contribution >= 0.6 is 0 Å². The molecular weight excluding hydrogens is 356 g/mol. The highest BCUT2D eigenvalue weighted by atomic mass is 16.6. The smallest absolute Gasteiger partial charge is 0.407 e. The summed E-state index contributed by atoms with van der Waals surface area (Å²) in [6.07, 6.45) is -3.35. The predicted molar refractivity (Wildman–Crippen MR) is 95.0 cm³/mol. The van der Waals surface area contributed by atoms with Gasteiger partial charge in [0, 0.05) is 12.6 Å². The first-order valence-electron chi connectivity index (χ1n) is 8.16. The highest BCUT2D eigenvalue weighted by molar-refractivity contribution is 5.67. The van der Waals surface area contributed by atoms with Gasteiger partial charge >= 0.3 is 11.8 Å². The number of carbonyl (C=O) groups is 1. The van der Waals surface area contributed by atoms with E-state index in [1.807, 2.05) is 30.3 Å². The Bertz CT molecular complexity index is 783. The van der Waals surface area contributed by atoms with Crippen LogP contribution < -0.4 is 5.32 Å². The van der Waals surface area contributed by atoms with Gasteiger partial charge in [-0.15, -0.1) is 0 Å². The molecule has 0 spiro atoms. The van der Waals surface area contributed by atoms with Gasteiger partial charge in [-0.2, -0.15) is 0 Å². The summed E-state index contributed by atoms with van der Waals surface area (Å²) >= 11 is 0. The van der Waals surface area contributed by atoms with Crippen molar-refractivity contribution in [2.45, 2.75) is 25.2 Å².